The van der Waals surface area contributed by atoms with Gasteiger partial charge in [-0.15, -0.1) is 0 Å². The molecule has 35 heavy (non-hydrogen) atoms. The summed E-state index contributed by atoms with van der Waals surface area (Å²) in [4.78, 5) is 3.63. The van der Waals surface area contributed by atoms with Crippen molar-refractivity contribution in [2.45, 2.75) is 52.2 Å². The van der Waals surface area contributed by atoms with Gasteiger partial charge in [-0.2, -0.15) is 0 Å². The Kier molecular flexibility index (Phi) is 14.2. The van der Waals surface area contributed by atoms with Crippen molar-refractivity contribution in [3.8, 4) is 5.75 Å². The van der Waals surface area contributed by atoms with Crippen LogP contribution in [-0.4, -0.2) is 42.5 Å². The Labute approximate surface area is 217 Å². The summed E-state index contributed by atoms with van der Waals surface area (Å²) in [5.74, 6) is 0.942. The van der Waals surface area contributed by atoms with Crippen LogP contribution in [0.3, 0.4) is 0 Å². The summed E-state index contributed by atoms with van der Waals surface area (Å²) in [6, 6.07) is 27.8. The Morgan fingerprint density at radius 1 is 0.771 bits per heavy atom. The first-order valence-corrected chi connectivity index (χ1v) is 13.6. The fraction of sp³-hybridized carbons (Fsp3) is 0.400. The van der Waals surface area contributed by atoms with Crippen molar-refractivity contribution in [3.05, 3.63) is 95.6 Å². The van der Waals surface area contributed by atoms with E-state index in [1.54, 1.807) is 11.9 Å². The summed E-state index contributed by atoms with van der Waals surface area (Å²) in [5, 5.41) is 3.53. The average molecular weight is 494 g/mol. The quantitative estimate of drug-likeness (QED) is 0.248. The zero-order valence-electron chi connectivity index (χ0n) is 22.2. The van der Waals surface area contributed by atoms with Gasteiger partial charge in [-0.1, -0.05) is 82.3 Å². The lowest BCUT2D eigenvalue weighted by Crippen LogP contribution is -2.27. The molecule has 0 aliphatic heterocycles. The summed E-state index contributed by atoms with van der Waals surface area (Å²) in [6.45, 7) is 14.8. The van der Waals surface area contributed by atoms with E-state index in [9.17, 15) is 0 Å². The lowest BCUT2D eigenvalue weighted by Gasteiger charge is -2.18. The van der Waals surface area contributed by atoms with Crippen LogP contribution < -0.4 is 10.1 Å². The Morgan fingerprint density at radius 2 is 1.43 bits per heavy atom. The molecule has 3 aromatic carbocycles. The van der Waals surface area contributed by atoms with E-state index in [0.717, 1.165) is 51.6 Å². The molecule has 190 valence electrons. The Balaban J connectivity index is 0.00000210. The number of likely N-dealkylation sites (N-methyl/N-ethyl adjacent to an activating group) is 1. The molecule has 5 heteroatoms. The molecule has 1 N–H and O–H groups in total. The molecule has 0 saturated carbocycles. The maximum Gasteiger partial charge on any atom is 0.119 e. The van der Waals surface area contributed by atoms with Crippen molar-refractivity contribution >= 4 is 11.9 Å². The van der Waals surface area contributed by atoms with Gasteiger partial charge in [0.2, 0.25) is 0 Å². The Morgan fingerprint density at radius 3 is 2.11 bits per heavy atom. The van der Waals surface area contributed by atoms with Gasteiger partial charge in [-0.05, 0) is 73.0 Å². The molecule has 0 unspecified atom stereocenters. The first-order valence-electron chi connectivity index (χ1n) is 12.8. The minimum Gasteiger partial charge on any atom is -0.492 e. The van der Waals surface area contributed by atoms with Gasteiger partial charge in [-0.25, -0.2) is 4.31 Å². The Bertz CT molecular complexity index is 930. The average Bonchev–Trinajstić information content (AvgIpc) is 2.90. The summed E-state index contributed by atoms with van der Waals surface area (Å²) in [6.07, 6.45) is 0. The van der Waals surface area contributed by atoms with Crippen LogP contribution in [0.5, 0.6) is 5.75 Å². The van der Waals surface area contributed by atoms with Gasteiger partial charge in [0, 0.05) is 31.1 Å². The zero-order valence-corrected chi connectivity index (χ0v) is 23.0. The van der Waals surface area contributed by atoms with Crippen molar-refractivity contribution in [2.24, 2.45) is 0 Å². The highest BCUT2D eigenvalue weighted by Crippen LogP contribution is 2.24. The lowest BCUT2D eigenvalue weighted by molar-refractivity contribution is 0.223. The SMILES string of the molecule is CC.CCN(CC)CCOc1ccc(CN(C)Sc2cccc(CNCc3ccccc3)c2)cc1. The van der Waals surface area contributed by atoms with Gasteiger partial charge in [-0.3, -0.25) is 0 Å². The number of benzene rings is 3. The van der Waals surface area contributed by atoms with E-state index in [2.05, 4.69) is 114 Å². The molecule has 0 spiro atoms. The van der Waals surface area contributed by atoms with Gasteiger partial charge in [0.05, 0.1) is 0 Å². The standard InChI is InChI=1S/C28H37N3OS.C2H6/c1-4-31(5-2)18-19-32-27-16-14-25(15-17-27)23-30(3)33-28-13-9-12-26(20-28)22-29-21-24-10-7-6-8-11-24;1-2/h6-17,20,29H,4-5,18-19,21-23H2,1-3H3;1-2H3. The topological polar surface area (TPSA) is 27.7 Å². The van der Waals surface area contributed by atoms with Crippen molar-refractivity contribution in [1.29, 1.82) is 0 Å². The maximum atomic E-state index is 5.90. The largest absolute Gasteiger partial charge is 0.492 e. The second-order valence-electron chi connectivity index (χ2n) is 8.13. The fourth-order valence-electron chi connectivity index (χ4n) is 3.65. The smallest absolute Gasteiger partial charge is 0.119 e. The Hall–Kier alpha value is -2.31. The molecule has 0 atom stereocenters. The van der Waals surface area contributed by atoms with E-state index in [1.807, 2.05) is 13.8 Å². The molecule has 0 aromatic heterocycles. The monoisotopic (exact) mass is 493 g/mol. The minimum absolute atomic E-state index is 0.729. The number of rotatable bonds is 14. The van der Waals surface area contributed by atoms with Gasteiger partial charge in [0.25, 0.3) is 0 Å². The first kappa shape index (κ1) is 28.9. The van der Waals surface area contributed by atoms with Gasteiger partial charge in [0.15, 0.2) is 0 Å². The van der Waals surface area contributed by atoms with E-state index in [-0.39, 0.29) is 0 Å². The van der Waals surface area contributed by atoms with Crippen molar-refractivity contribution < 1.29 is 4.74 Å². The van der Waals surface area contributed by atoms with Gasteiger partial charge in [0.1, 0.15) is 12.4 Å². The number of hydrogen-bond donors (Lipinski definition) is 1. The van der Waals surface area contributed by atoms with Crippen LogP contribution >= 0.6 is 11.9 Å². The highest BCUT2D eigenvalue weighted by Gasteiger charge is 2.05. The molecule has 0 aliphatic carbocycles. The third kappa shape index (κ3) is 11.3. The van der Waals surface area contributed by atoms with E-state index in [4.69, 9.17) is 4.74 Å². The van der Waals surface area contributed by atoms with E-state index >= 15 is 0 Å². The maximum absolute atomic E-state index is 5.90. The normalized spacial score (nSPS) is 10.8. The van der Waals surface area contributed by atoms with Crippen molar-refractivity contribution in [1.82, 2.24) is 14.5 Å². The first-order chi connectivity index (χ1) is 17.2. The van der Waals surface area contributed by atoms with Crippen LogP contribution in [0.1, 0.15) is 44.4 Å². The molecular weight excluding hydrogens is 450 g/mol. The molecule has 0 fully saturated rings. The van der Waals surface area contributed by atoms with E-state index < -0.39 is 0 Å². The van der Waals surface area contributed by atoms with Crippen LogP contribution in [0, 0.1) is 0 Å². The summed E-state index contributed by atoms with van der Waals surface area (Å²) >= 11 is 1.78. The molecule has 3 rings (SSSR count). The number of nitrogens with zero attached hydrogens (tertiary/aromatic N) is 2. The highest BCUT2D eigenvalue weighted by molar-refractivity contribution is 7.97. The summed E-state index contributed by atoms with van der Waals surface area (Å²) in [7, 11) is 2.14. The van der Waals surface area contributed by atoms with Crippen molar-refractivity contribution in [2.75, 3.05) is 33.3 Å². The molecule has 0 saturated heterocycles. The van der Waals surface area contributed by atoms with Crippen LogP contribution in [0.4, 0.5) is 0 Å². The van der Waals surface area contributed by atoms with Gasteiger partial charge >= 0.3 is 0 Å². The van der Waals surface area contributed by atoms with E-state index in [1.165, 1.54) is 21.6 Å². The molecule has 3 aromatic rings. The molecule has 0 amide bonds. The summed E-state index contributed by atoms with van der Waals surface area (Å²) < 4.78 is 8.17. The predicted molar refractivity (Wildman–Crippen MR) is 152 cm³/mol. The molecule has 0 radical (unpaired) electrons. The van der Waals surface area contributed by atoms with Crippen molar-refractivity contribution in [3.63, 3.8) is 0 Å². The minimum atomic E-state index is 0.729. The third-order valence-electron chi connectivity index (χ3n) is 5.56. The molecule has 0 bridgehead atoms. The fourth-order valence-corrected chi connectivity index (χ4v) is 4.57. The predicted octanol–water partition coefficient (Wildman–Crippen LogP) is 6.86. The van der Waals surface area contributed by atoms with Crippen LogP contribution in [-0.2, 0) is 19.6 Å². The van der Waals surface area contributed by atoms with E-state index in [0.29, 0.717) is 0 Å². The zero-order chi connectivity index (χ0) is 25.3. The molecular formula is C30H43N3OS. The van der Waals surface area contributed by atoms with Crippen LogP contribution in [0.15, 0.2) is 83.8 Å². The van der Waals surface area contributed by atoms with Gasteiger partial charge < -0.3 is 15.0 Å². The second-order valence-corrected chi connectivity index (χ2v) is 9.41. The second kappa shape index (κ2) is 17.2. The number of nitrogens with one attached hydrogen (secondary N) is 1. The molecule has 0 aliphatic rings. The number of ether oxygens (including phenoxy) is 1. The van der Waals surface area contributed by atoms with Crippen LogP contribution in [0.25, 0.3) is 0 Å². The summed E-state index contributed by atoms with van der Waals surface area (Å²) in [5.41, 5.74) is 3.89. The molecule has 0 heterocycles. The molecule has 4 nitrogen and oxygen atoms in total. The lowest BCUT2D eigenvalue weighted by atomic mass is 10.2. The highest BCUT2D eigenvalue weighted by atomic mass is 32.2. The third-order valence-corrected chi connectivity index (χ3v) is 6.47. The number of hydrogen-bond acceptors (Lipinski definition) is 5. The van der Waals surface area contributed by atoms with Crippen LogP contribution in [0.2, 0.25) is 0 Å².